The molecule has 6 heteroatoms. The molecule has 0 spiro atoms. The van der Waals surface area contributed by atoms with Gasteiger partial charge in [0.05, 0.1) is 7.11 Å². The van der Waals surface area contributed by atoms with Crippen molar-refractivity contribution in [2.75, 3.05) is 7.11 Å². The molecule has 5 nitrogen and oxygen atoms in total. The zero-order valence-electron chi connectivity index (χ0n) is 10.5. The lowest BCUT2D eigenvalue weighted by Crippen LogP contribution is -2.04. The topological polar surface area (TPSA) is 65.2 Å². The van der Waals surface area contributed by atoms with Crippen molar-refractivity contribution in [1.29, 1.82) is 0 Å². The largest absolute Gasteiger partial charge is 0.480 e. The van der Waals surface area contributed by atoms with Crippen molar-refractivity contribution in [2.24, 2.45) is 0 Å². The van der Waals surface area contributed by atoms with Gasteiger partial charge in [0.25, 0.3) is 0 Å². The number of fused-ring (bicyclic) bond motifs is 1. The SMILES string of the molecule is COc1ccc(C(=O)c2cc3cc(Cl)ccc3o2)nn1. The summed E-state index contributed by atoms with van der Waals surface area (Å²) in [4.78, 5) is 12.2. The molecule has 0 amide bonds. The molecule has 3 aromatic rings. The third-order valence-corrected chi connectivity index (χ3v) is 3.02. The lowest BCUT2D eigenvalue weighted by atomic mass is 10.2. The summed E-state index contributed by atoms with van der Waals surface area (Å²) in [5, 5.41) is 8.91. The summed E-state index contributed by atoms with van der Waals surface area (Å²) >= 11 is 5.90. The molecule has 0 aliphatic heterocycles. The maximum absolute atomic E-state index is 12.2. The molecule has 3 rings (SSSR count). The molecule has 0 N–H and O–H groups in total. The van der Waals surface area contributed by atoms with Gasteiger partial charge in [-0.25, -0.2) is 0 Å². The van der Waals surface area contributed by atoms with Crippen molar-refractivity contribution < 1.29 is 13.9 Å². The lowest BCUT2D eigenvalue weighted by molar-refractivity contribution is 0.100. The molecule has 100 valence electrons. The molecule has 0 saturated carbocycles. The number of ether oxygens (including phenoxy) is 1. The van der Waals surface area contributed by atoms with Crippen LogP contribution in [0, 0.1) is 0 Å². The standard InChI is InChI=1S/C14H9ClN2O3/c1-19-13-5-3-10(16-17-13)14(18)12-7-8-6-9(15)2-4-11(8)20-12/h2-7H,1H3. The second kappa shape index (κ2) is 4.94. The predicted octanol–water partition coefficient (Wildman–Crippen LogP) is 3.12. The molecular formula is C14H9ClN2O3. The Morgan fingerprint density at radius 2 is 2.05 bits per heavy atom. The maximum atomic E-state index is 12.2. The quantitative estimate of drug-likeness (QED) is 0.693. The zero-order chi connectivity index (χ0) is 14.1. The van der Waals surface area contributed by atoms with Crippen LogP contribution in [0.2, 0.25) is 5.02 Å². The first-order valence-electron chi connectivity index (χ1n) is 5.79. The average molecular weight is 289 g/mol. The Bertz CT molecular complexity index is 781. The van der Waals surface area contributed by atoms with Gasteiger partial charge < -0.3 is 9.15 Å². The summed E-state index contributed by atoms with van der Waals surface area (Å²) in [7, 11) is 1.48. The van der Waals surface area contributed by atoms with Gasteiger partial charge in [0, 0.05) is 16.5 Å². The Hall–Kier alpha value is -2.40. The van der Waals surface area contributed by atoms with Gasteiger partial charge in [-0.3, -0.25) is 4.79 Å². The molecule has 0 aliphatic rings. The number of carbonyl (C=O) groups is 1. The number of hydrogen-bond acceptors (Lipinski definition) is 5. The summed E-state index contributed by atoms with van der Waals surface area (Å²) in [6, 6.07) is 9.89. The Balaban J connectivity index is 1.98. The fourth-order valence-electron chi connectivity index (χ4n) is 1.80. The summed E-state index contributed by atoms with van der Waals surface area (Å²) < 4.78 is 10.4. The number of nitrogens with zero attached hydrogens (tertiary/aromatic N) is 2. The number of ketones is 1. The molecule has 20 heavy (non-hydrogen) atoms. The Morgan fingerprint density at radius 3 is 2.75 bits per heavy atom. The van der Waals surface area contributed by atoms with Gasteiger partial charge in [-0.05, 0) is 30.3 Å². The number of benzene rings is 1. The van der Waals surface area contributed by atoms with Crippen LogP contribution in [0.3, 0.4) is 0 Å². The van der Waals surface area contributed by atoms with Crippen molar-refractivity contribution >= 4 is 28.4 Å². The van der Waals surface area contributed by atoms with Crippen molar-refractivity contribution in [3.63, 3.8) is 0 Å². The van der Waals surface area contributed by atoms with E-state index < -0.39 is 0 Å². The van der Waals surface area contributed by atoms with Crippen LogP contribution in [-0.4, -0.2) is 23.1 Å². The van der Waals surface area contributed by atoms with Crippen LogP contribution in [0.1, 0.15) is 16.2 Å². The first-order valence-corrected chi connectivity index (χ1v) is 6.16. The second-order valence-corrected chi connectivity index (χ2v) is 4.52. The summed E-state index contributed by atoms with van der Waals surface area (Å²) in [5.41, 5.74) is 0.787. The van der Waals surface area contributed by atoms with Crippen molar-refractivity contribution in [1.82, 2.24) is 10.2 Å². The first-order chi connectivity index (χ1) is 9.67. The van der Waals surface area contributed by atoms with E-state index in [1.54, 1.807) is 30.3 Å². The molecule has 0 unspecified atom stereocenters. The van der Waals surface area contributed by atoms with Gasteiger partial charge in [0.15, 0.2) is 5.76 Å². The van der Waals surface area contributed by atoms with Crippen LogP contribution in [0.15, 0.2) is 40.8 Å². The van der Waals surface area contributed by atoms with Crippen LogP contribution in [0.4, 0.5) is 0 Å². The van der Waals surface area contributed by atoms with Gasteiger partial charge >= 0.3 is 0 Å². The molecular weight excluding hydrogens is 280 g/mol. The fraction of sp³-hybridized carbons (Fsp3) is 0.0714. The molecule has 1 aromatic carbocycles. The Morgan fingerprint density at radius 1 is 1.20 bits per heavy atom. The molecule has 0 fully saturated rings. The second-order valence-electron chi connectivity index (χ2n) is 4.08. The Kier molecular flexibility index (Phi) is 3.12. The van der Waals surface area contributed by atoms with E-state index in [4.69, 9.17) is 20.8 Å². The summed E-state index contributed by atoms with van der Waals surface area (Å²) in [5.74, 6) is 0.201. The molecule has 2 heterocycles. The number of furan rings is 1. The van der Waals surface area contributed by atoms with Gasteiger partial charge in [-0.1, -0.05) is 11.6 Å². The van der Waals surface area contributed by atoms with Gasteiger partial charge in [-0.15, -0.1) is 10.2 Å². The number of carbonyl (C=O) groups excluding carboxylic acids is 1. The van der Waals surface area contributed by atoms with Gasteiger partial charge in [0.1, 0.15) is 11.3 Å². The van der Waals surface area contributed by atoms with E-state index in [1.165, 1.54) is 13.2 Å². The van der Waals surface area contributed by atoms with Crippen molar-refractivity contribution in [3.05, 3.63) is 52.9 Å². The summed E-state index contributed by atoms with van der Waals surface area (Å²) in [6.07, 6.45) is 0. The highest BCUT2D eigenvalue weighted by Crippen LogP contribution is 2.24. The minimum Gasteiger partial charge on any atom is -0.480 e. The number of halogens is 1. The molecule has 0 aliphatic carbocycles. The van der Waals surface area contributed by atoms with Crippen LogP contribution in [-0.2, 0) is 0 Å². The number of hydrogen-bond donors (Lipinski definition) is 0. The highest BCUT2D eigenvalue weighted by molar-refractivity contribution is 6.31. The summed E-state index contributed by atoms with van der Waals surface area (Å²) in [6.45, 7) is 0. The van der Waals surface area contributed by atoms with Gasteiger partial charge in [-0.2, -0.15) is 0 Å². The van der Waals surface area contributed by atoms with Crippen molar-refractivity contribution in [2.45, 2.75) is 0 Å². The maximum Gasteiger partial charge on any atom is 0.248 e. The average Bonchev–Trinajstić information content (AvgIpc) is 2.89. The van der Waals surface area contributed by atoms with E-state index >= 15 is 0 Å². The van der Waals surface area contributed by atoms with Crippen molar-refractivity contribution in [3.8, 4) is 5.88 Å². The third kappa shape index (κ3) is 2.23. The van der Waals surface area contributed by atoms with Crippen LogP contribution >= 0.6 is 11.6 Å². The van der Waals surface area contributed by atoms with Crippen LogP contribution in [0.5, 0.6) is 5.88 Å². The third-order valence-electron chi connectivity index (χ3n) is 2.78. The minimum absolute atomic E-state index is 0.191. The predicted molar refractivity (Wildman–Crippen MR) is 73.2 cm³/mol. The molecule has 0 atom stereocenters. The fourth-order valence-corrected chi connectivity index (χ4v) is 1.98. The van der Waals surface area contributed by atoms with E-state index in [1.807, 2.05) is 0 Å². The highest BCUT2D eigenvalue weighted by Gasteiger charge is 2.16. The van der Waals surface area contributed by atoms with Crippen LogP contribution in [0.25, 0.3) is 11.0 Å². The minimum atomic E-state index is -0.340. The lowest BCUT2D eigenvalue weighted by Gasteiger charge is -1.98. The monoisotopic (exact) mass is 288 g/mol. The van der Waals surface area contributed by atoms with E-state index in [9.17, 15) is 4.79 Å². The molecule has 2 aromatic heterocycles. The first kappa shape index (κ1) is 12.6. The Labute approximate surface area is 119 Å². The van der Waals surface area contributed by atoms with Crippen LogP contribution < -0.4 is 4.74 Å². The molecule has 0 bridgehead atoms. The zero-order valence-corrected chi connectivity index (χ0v) is 11.2. The van der Waals surface area contributed by atoms with E-state index in [0.717, 1.165) is 5.39 Å². The van der Waals surface area contributed by atoms with E-state index in [2.05, 4.69) is 10.2 Å². The number of methoxy groups -OCH3 is 1. The van der Waals surface area contributed by atoms with E-state index in [-0.39, 0.29) is 17.2 Å². The molecule has 0 saturated heterocycles. The normalized spacial score (nSPS) is 10.7. The molecule has 0 radical (unpaired) electrons. The smallest absolute Gasteiger partial charge is 0.248 e. The van der Waals surface area contributed by atoms with E-state index in [0.29, 0.717) is 16.5 Å². The number of rotatable bonds is 3. The van der Waals surface area contributed by atoms with Gasteiger partial charge in [0.2, 0.25) is 11.7 Å². The highest BCUT2D eigenvalue weighted by atomic mass is 35.5. The number of aromatic nitrogens is 2.